The van der Waals surface area contributed by atoms with Gasteiger partial charge in [-0.3, -0.25) is 0 Å². The second-order valence-corrected chi connectivity index (χ2v) is 7.89. The maximum absolute atomic E-state index is 2.36. The Labute approximate surface area is 184 Å². The van der Waals surface area contributed by atoms with E-state index in [1.54, 1.807) is 0 Å². The predicted molar refractivity (Wildman–Crippen MR) is 133 cm³/mol. The van der Waals surface area contributed by atoms with Gasteiger partial charge in [0.2, 0.25) is 0 Å². The van der Waals surface area contributed by atoms with Crippen LogP contribution in [-0.2, 0) is 0 Å². The Bertz CT molecular complexity index is 1240. The van der Waals surface area contributed by atoms with E-state index in [0.717, 1.165) is 12.8 Å². The number of anilines is 4. The van der Waals surface area contributed by atoms with Gasteiger partial charge in [0.25, 0.3) is 0 Å². The Balaban J connectivity index is 1.53. The fourth-order valence-corrected chi connectivity index (χ4v) is 4.15. The third kappa shape index (κ3) is 3.97. The quantitative estimate of drug-likeness (QED) is 0.334. The highest BCUT2D eigenvalue weighted by Crippen LogP contribution is 2.35. The third-order valence-corrected chi connectivity index (χ3v) is 5.86. The van der Waals surface area contributed by atoms with Crippen molar-refractivity contribution < 1.29 is 0 Å². The molecule has 1 aliphatic rings. The Morgan fingerprint density at radius 1 is 0.581 bits per heavy atom. The Kier molecular flexibility index (Phi) is 5.28. The van der Waals surface area contributed by atoms with E-state index in [2.05, 4.69) is 126 Å². The molecule has 0 fully saturated rings. The normalized spacial score (nSPS) is 13.1. The van der Waals surface area contributed by atoms with E-state index in [1.165, 1.54) is 39.2 Å². The summed E-state index contributed by atoms with van der Waals surface area (Å²) in [6.07, 6.45) is 9.02. The van der Waals surface area contributed by atoms with Gasteiger partial charge in [-0.2, -0.15) is 0 Å². The zero-order chi connectivity index (χ0) is 21.0. The van der Waals surface area contributed by atoms with Crippen LogP contribution in [0, 0.1) is 0 Å². The van der Waals surface area contributed by atoms with Gasteiger partial charge in [-0.05, 0) is 78.2 Å². The molecular weight excluding hydrogens is 376 g/mol. The summed E-state index contributed by atoms with van der Waals surface area (Å²) in [6, 6.07) is 34.5. The van der Waals surface area contributed by atoms with Crippen LogP contribution in [0.4, 0.5) is 22.7 Å². The van der Waals surface area contributed by atoms with Crippen molar-refractivity contribution in [3.63, 3.8) is 0 Å². The lowest BCUT2D eigenvalue weighted by Crippen LogP contribution is -2.16. The average Bonchev–Trinajstić information content (AvgIpc) is 2.85. The standard InChI is InChI=1S/C29H26N2/c1-30(25-12-4-2-5-13-25)26-18-20-28(21-19-26)31(27-14-6-3-7-15-27)29-17-16-23-10-8-9-11-24(23)22-29/h2,4-6,8-22H,3,7H2,1H3. The van der Waals surface area contributed by atoms with Crippen LogP contribution in [0.15, 0.2) is 121 Å². The molecule has 0 heterocycles. The van der Waals surface area contributed by atoms with Gasteiger partial charge in [-0.15, -0.1) is 0 Å². The van der Waals surface area contributed by atoms with Gasteiger partial charge in [0, 0.05) is 35.5 Å². The van der Waals surface area contributed by atoms with E-state index in [4.69, 9.17) is 0 Å². The highest BCUT2D eigenvalue weighted by atomic mass is 15.1. The molecule has 152 valence electrons. The number of allylic oxidation sites excluding steroid dienone is 3. The maximum atomic E-state index is 2.36. The van der Waals surface area contributed by atoms with Crippen LogP contribution in [-0.4, -0.2) is 7.05 Å². The number of rotatable bonds is 5. The molecule has 0 N–H and O–H groups in total. The summed E-state index contributed by atoms with van der Waals surface area (Å²) in [7, 11) is 2.11. The molecule has 0 aromatic heterocycles. The summed E-state index contributed by atoms with van der Waals surface area (Å²) >= 11 is 0. The van der Waals surface area contributed by atoms with Crippen LogP contribution in [0.3, 0.4) is 0 Å². The summed E-state index contributed by atoms with van der Waals surface area (Å²) in [5, 5.41) is 2.52. The minimum atomic E-state index is 1.07. The SMILES string of the molecule is CN(c1ccccc1)c1ccc(N(C2=CCCC=C2)c2ccc3ccccc3c2)cc1. The first-order chi connectivity index (χ1) is 15.3. The fraction of sp³-hybridized carbons (Fsp3) is 0.103. The van der Waals surface area contributed by atoms with Crippen molar-refractivity contribution in [2.75, 3.05) is 16.8 Å². The molecule has 4 aromatic carbocycles. The fourth-order valence-electron chi connectivity index (χ4n) is 4.15. The first-order valence-corrected chi connectivity index (χ1v) is 10.8. The van der Waals surface area contributed by atoms with Crippen molar-refractivity contribution in [2.24, 2.45) is 0 Å². The molecule has 0 aliphatic heterocycles. The predicted octanol–water partition coefficient (Wildman–Crippen LogP) is 7.98. The molecule has 2 nitrogen and oxygen atoms in total. The summed E-state index contributed by atoms with van der Waals surface area (Å²) < 4.78 is 0. The molecule has 0 saturated heterocycles. The van der Waals surface area contributed by atoms with Crippen molar-refractivity contribution in [1.82, 2.24) is 0 Å². The van der Waals surface area contributed by atoms with E-state index < -0.39 is 0 Å². The lowest BCUT2D eigenvalue weighted by molar-refractivity contribution is 0.997. The average molecular weight is 403 g/mol. The Hall–Kier alpha value is -3.78. The first kappa shape index (κ1) is 19.2. The van der Waals surface area contributed by atoms with Crippen LogP contribution < -0.4 is 9.80 Å². The molecule has 0 bridgehead atoms. The van der Waals surface area contributed by atoms with Crippen LogP contribution >= 0.6 is 0 Å². The number of benzene rings is 4. The minimum absolute atomic E-state index is 1.07. The molecule has 0 saturated carbocycles. The number of fused-ring (bicyclic) bond motifs is 1. The smallest absolute Gasteiger partial charge is 0.0467 e. The number of hydrogen-bond donors (Lipinski definition) is 0. The van der Waals surface area contributed by atoms with Gasteiger partial charge >= 0.3 is 0 Å². The summed E-state index contributed by atoms with van der Waals surface area (Å²) in [4.78, 5) is 4.57. The van der Waals surface area contributed by atoms with E-state index in [9.17, 15) is 0 Å². The monoisotopic (exact) mass is 402 g/mol. The van der Waals surface area contributed by atoms with Crippen molar-refractivity contribution in [1.29, 1.82) is 0 Å². The number of para-hydroxylation sites is 1. The second kappa shape index (κ2) is 8.53. The zero-order valence-corrected chi connectivity index (χ0v) is 17.8. The molecule has 5 rings (SSSR count). The van der Waals surface area contributed by atoms with Gasteiger partial charge in [0.1, 0.15) is 0 Å². The topological polar surface area (TPSA) is 6.48 Å². The highest BCUT2D eigenvalue weighted by molar-refractivity contribution is 5.88. The number of hydrogen-bond acceptors (Lipinski definition) is 2. The summed E-state index contributed by atoms with van der Waals surface area (Å²) in [5.41, 5.74) is 5.92. The molecule has 0 atom stereocenters. The minimum Gasteiger partial charge on any atom is -0.345 e. The zero-order valence-electron chi connectivity index (χ0n) is 17.8. The number of nitrogens with zero attached hydrogens (tertiary/aromatic N) is 2. The molecule has 4 aromatic rings. The summed E-state index contributed by atoms with van der Waals surface area (Å²) in [5.74, 6) is 0. The van der Waals surface area contributed by atoms with Crippen LogP contribution in [0.1, 0.15) is 12.8 Å². The largest absolute Gasteiger partial charge is 0.345 e. The lowest BCUT2D eigenvalue weighted by atomic mass is 10.1. The van der Waals surface area contributed by atoms with E-state index >= 15 is 0 Å². The van der Waals surface area contributed by atoms with E-state index in [-0.39, 0.29) is 0 Å². The molecule has 0 radical (unpaired) electrons. The second-order valence-electron chi connectivity index (χ2n) is 7.89. The van der Waals surface area contributed by atoms with Gasteiger partial charge in [0.15, 0.2) is 0 Å². The lowest BCUT2D eigenvalue weighted by Gasteiger charge is -2.28. The molecule has 0 unspecified atom stereocenters. The van der Waals surface area contributed by atoms with Crippen LogP contribution in [0.25, 0.3) is 10.8 Å². The van der Waals surface area contributed by atoms with Gasteiger partial charge in [-0.25, -0.2) is 0 Å². The highest BCUT2D eigenvalue weighted by Gasteiger charge is 2.15. The van der Waals surface area contributed by atoms with Gasteiger partial charge < -0.3 is 9.80 Å². The van der Waals surface area contributed by atoms with Crippen LogP contribution in [0.2, 0.25) is 0 Å². The van der Waals surface area contributed by atoms with Crippen molar-refractivity contribution in [2.45, 2.75) is 12.8 Å². The van der Waals surface area contributed by atoms with E-state index in [1.807, 2.05) is 6.07 Å². The van der Waals surface area contributed by atoms with Crippen molar-refractivity contribution >= 4 is 33.5 Å². The molecule has 0 spiro atoms. The van der Waals surface area contributed by atoms with Crippen molar-refractivity contribution in [3.8, 4) is 0 Å². The van der Waals surface area contributed by atoms with Crippen molar-refractivity contribution in [3.05, 3.63) is 121 Å². The maximum Gasteiger partial charge on any atom is 0.0467 e. The summed E-state index contributed by atoms with van der Waals surface area (Å²) in [6.45, 7) is 0. The Morgan fingerprint density at radius 3 is 1.97 bits per heavy atom. The molecule has 0 amide bonds. The third-order valence-electron chi connectivity index (χ3n) is 5.86. The van der Waals surface area contributed by atoms with Gasteiger partial charge in [0.05, 0.1) is 0 Å². The molecule has 31 heavy (non-hydrogen) atoms. The van der Waals surface area contributed by atoms with E-state index in [0.29, 0.717) is 0 Å². The van der Waals surface area contributed by atoms with Crippen LogP contribution in [0.5, 0.6) is 0 Å². The molecule has 1 aliphatic carbocycles. The first-order valence-electron chi connectivity index (χ1n) is 10.8. The Morgan fingerprint density at radius 2 is 1.23 bits per heavy atom. The molecule has 2 heteroatoms. The van der Waals surface area contributed by atoms with Gasteiger partial charge in [-0.1, -0.05) is 60.7 Å². The molecular formula is C29H26N2.